The van der Waals surface area contributed by atoms with Crippen molar-refractivity contribution in [2.24, 2.45) is 0 Å². The van der Waals surface area contributed by atoms with Crippen LogP contribution in [0.1, 0.15) is 58.2 Å². The first-order valence-electron chi connectivity index (χ1n) is 15.8. The summed E-state index contributed by atoms with van der Waals surface area (Å²) in [5.74, 6) is 0. The molecule has 2 heteroatoms. The predicted molar refractivity (Wildman–Crippen MR) is 192 cm³/mol. The van der Waals surface area contributed by atoms with E-state index in [0.29, 0.717) is 5.56 Å². The second-order valence-electron chi connectivity index (χ2n) is 14.6. The van der Waals surface area contributed by atoms with Gasteiger partial charge in [0, 0.05) is 16.5 Å². The highest BCUT2D eigenvalue weighted by molar-refractivity contribution is 6.25. The fraction of sp³-hybridized carbons (Fsp3) is 0.186. The second kappa shape index (κ2) is 9.43. The van der Waals surface area contributed by atoms with Gasteiger partial charge in [0.05, 0.1) is 22.7 Å². The molecule has 0 saturated carbocycles. The van der Waals surface area contributed by atoms with Crippen molar-refractivity contribution >= 4 is 54.1 Å². The summed E-state index contributed by atoms with van der Waals surface area (Å²) in [4.78, 5) is 0. The highest BCUT2D eigenvalue weighted by atomic mass is 15.0. The Morgan fingerprint density at radius 3 is 1.69 bits per heavy atom. The largest absolute Gasteiger partial charge is 0.309 e. The fourth-order valence-electron chi connectivity index (χ4n) is 7.83. The number of para-hydroxylation sites is 1. The summed E-state index contributed by atoms with van der Waals surface area (Å²) in [5, 5.41) is 20.0. The zero-order chi connectivity index (χ0) is 31.2. The van der Waals surface area contributed by atoms with Crippen LogP contribution < -0.4 is 0 Å². The molecule has 8 aromatic rings. The molecule has 0 aliphatic carbocycles. The summed E-state index contributed by atoms with van der Waals surface area (Å²) in [5.41, 5.74) is 9.16. The minimum Gasteiger partial charge on any atom is -0.309 e. The number of hydrogen-bond donors (Lipinski definition) is 0. The van der Waals surface area contributed by atoms with E-state index in [1.165, 1.54) is 60.0 Å². The Balaban J connectivity index is 1.49. The van der Waals surface area contributed by atoms with Crippen molar-refractivity contribution in [1.29, 1.82) is 5.26 Å². The van der Waals surface area contributed by atoms with Crippen molar-refractivity contribution in [3.63, 3.8) is 0 Å². The molecule has 0 saturated heterocycles. The molecule has 1 aromatic heterocycles. The third-order valence-electron chi connectivity index (χ3n) is 9.47. The Morgan fingerprint density at radius 1 is 0.511 bits per heavy atom. The van der Waals surface area contributed by atoms with Crippen LogP contribution in [0.4, 0.5) is 0 Å². The highest BCUT2D eigenvalue weighted by Crippen LogP contribution is 2.46. The number of nitriles is 1. The minimum atomic E-state index is -0.0415. The molecule has 7 aromatic carbocycles. The van der Waals surface area contributed by atoms with Gasteiger partial charge in [-0.1, -0.05) is 108 Å². The number of hydrogen-bond acceptors (Lipinski definition) is 1. The molecule has 218 valence electrons. The Labute approximate surface area is 264 Å². The molecule has 2 nitrogen and oxygen atoms in total. The van der Waals surface area contributed by atoms with Gasteiger partial charge in [-0.15, -0.1) is 0 Å². The zero-order valence-corrected chi connectivity index (χ0v) is 26.8. The van der Waals surface area contributed by atoms with E-state index in [-0.39, 0.29) is 10.8 Å². The van der Waals surface area contributed by atoms with Gasteiger partial charge in [0.25, 0.3) is 0 Å². The molecular weight excluding hydrogens is 544 g/mol. The van der Waals surface area contributed by atoms with Crippen molar-refractivity contribution in [1.82, 2.24) is 4.57 Å². The molecule has 8 rings (SSSR count). The molecule has 0 N–H and O–H groups in total. The van der Waals surface area contributed by atoms with Crippen molar-refractivity contribution in [3.05, 3.63) is 126 Å². The predicted octanol–water partition coefficient (Wildman–Crippen LogP) is 11.8. The molecular formula is C43H36N2. The molecule has 0 spiro atoms. The van der Waals surface area contributed by atoms with E-state index in [1.54, 1.807) is 0 Å². The topological polar surface area (TPSA) is 28.7 Å². The van der Waals surface area contributed by atoms with Gasteiger partial charge in [-0.25, -0.2) is 0 Å². The van der Waals surface area contributed by atoms with Crippen molar-refractivity contribution in [2.75, 3.05) is 0 Å². The third-order valence-corrected chi connectivity index (χ3v) is 9.47. The first kappa shape index (κ1) is 27.4. The lowest BCUT2D eigenvalue weighted by Gasteiger charge is -2.30. The maximum atomic E-state index is 9.88. The van der Waals surface area contributed by atoms with E-state index < -0.39 is 0 Å². The summed E-state index contributed by atoms with van der Waals surface area (Å²) in [6.45, 7) is 14.0. The number of nitrogens with zero attached hydrogens (tertiary/aromatic N) is 2. The van der Waals surface area contributed by atoms with Gasteiger partial charge in [-0.05, 0) is 108 Å². The lowest BCUT2D eigenvalue weighted by atomic mass is 9.73. The van der Waals surface area contributed by atoms with Gasteiger partial charge in [-0.2, -0.15) is 5.26 Å². The van der Waals surface area contributed by atoms with Crippen LogP contribution in [0.25, 0.3) is 70.9 Å². The molecule has 0 atom stereocenters. The van der Waals surface area contributed by atoms with E-state index >= 15 is 0 Å². The Kier molecular flexibility index (Phi) is 5.75. The first-order valence-corrected chi connectivity index (χ1v) is 15.8. The van der Waals surface area contributed by atoms with Crippen LogP contribution in [-0.4, -0.2) is 4.57 Å². The van der Waals surface area contributed by atoms with Gasteiger partial charge < -0.3 is 4.57 Å². The normalized spacial score (nSPS) is 12.6. The SMILES string of the molecule is CC(C)(C)c1c2ccccc2c(C(C)(C)C)c2cc(-c3cc4ccc5cc(C#N)cc6c5c4c(c3)n6-c3ccccc3)ccc12. The van der Waals surface area contributed by atoms with E-state index in [4.69, 9.17) is 0 Å². The monoisotopic (exact) mass is 580 g/mol. The highest BCUT2D eigenvalue weighted by Gasteiger charge is 2.28. The number of rotatable bonds is 2. The van der Waals surface area contributed by atoms with Crippen LogP contribution in [0.15, 0.2) is 109 Å². The molecule has 45 heavy (non-hydrogen) atoms. The van der Waals surface area contributed by atoms with Crippen LogP contribution in [0.3, 0.4) is 0 Å². The van der Waals surface area contributed by atoms with E-state index in [9.17, 15) is 5.26 Å². The zero-order valence-electron chi connectivity index (χ0n) is 26.8. The van der Waals surface area contributed by atoms with E-state index in [1.807, 2.05) is 12.1 Å². The quantitative estimate of drug-likeness (QED) is 0.148. The lowest BCUT2D eigenvalue weighted by molar-refractivity contribution is 0.593. The summed E-state index contributed by atoms with van der Waals surface area (Å²) in [6, 6.07) is 42.1. The third kappa shape index (κ3) is 4.08. The molecule has 0 aliphatic heterocycles. The Morgan fingerprint density at radius 2 is 1.07 bits per heavy atom. The number of aromatic nitrogens is 1. The number of benzene rings is 7. The molecule has 0 fully saturated rings. The standard InChI is InChI=1S/C43H36N2/c1-42(2,3)40-32-14-10-11-15-33(32)41(43(4,5)6)35-23-27(18-19-34(35)40)30-22-29-17-16-28-20-26(25-44)21-36-38(28)39(29)37(24-30)45(36)31-12-8-7-9-13-31/h7-24H,1-6H3. The summed E-state index contributed by atoms with van der Waals surface area (Å²) in [7, 11) is 0. The van der Waals surface area contributed by atoms with Gasteiger partial charge in [-0.3, -0.25) is 0 Å². The smallest absolute Gasteiger partial charge is 0.0992 e. The minimum absolute atomic E-state index is 0.0136. The van der Waals surface area contributed by atoms with Gasteiger partial charge in [0.15, 0.2) is 0 Å². The van der Waals surface area contributed by atoms with Crippen LogP contribution in [0.2, 0.25) is 0 Å². The van der Waals surface area contributed by atoms with Gasteiger partial charge >= 0.3 is 0 Å². The molecule has 0 unspecified atom stereocenters. The maximum absolute atomic E-state index is 9.88. The summed E-state index contributed by atoms with van der Waals surface area (Å²) < 4.78 is 2.34. The fourth-order valence-corrected chi connectivity index (χ4v) is 7.83. The van der Waals surface area contributed by atoms with Gasteiger partial charge in [0.2, 0.25) is 0 Å². The van der Waals surface area contributed by atoms with Crippen molar-refractivity contribution in [2.45, 2.75) is 52.4 Å². The average molecular weight is 581 g/mol. The number of fused-ring (bicyclic) bond motifs is 2. The molecule has 0 bridgehead atoms. The van der Waals surface area contributed by atoms with E-state index in [0.717, 1.165) is 22.1 Å². The summed E-state index contributed by atoms with van der Waals surface area (Å²) >= 11 is 0. The lowest BCUT2D eigenvalue weighted by Crippen LogP contribution is -2.17. The van der Waals surface area contributed by atoms with Crippen LogP contribution in [-0.2, 0) is 10.8 Å². The Bertz CT molecular complexity index is 2490. The molecule has 1 heterocycles. The van der Waals surface area contributed by atoms with Crippen LogP contribution in [0, 0.1) is 11.3 Å². The first-order chi connectivity index (χ1) is 21.5. The van der Waals surface area contributed by atoms with Crippen molar-refractivity contribution < 1.29 is 0 Å². The molecule has 0 amide bonds. The van der Waals surface area contributed by atoms with E-state index in [2.05, 4.69) is 149 Å². The summed E-state index contributed by atoms with van der Waals surface area (Å²) in [6.07, 6.45) is 0. The maximum Gasteiger partial charge on any atom is 0.0992 e. The van der Waals surface area contributed by atoms with Crippen LogP contribution >= 0.6 is 0 Å². The second-order valence-corrected chi connectivity index (χ2v) is 14.6. The van der Waals surface area contributed by atoms with Crippen molar-refractivity contribution in [3.8, 4) is 22.9 Å². The van der Waals surface area contributed by atoms with Gasteiger partial charge in [0.1, 0.15) is 0 Å². The van der Waals surface area contributed by atoms with Crippen LogP contribution in [0.5, 0.6) is 0 Å². The molecule has 0 radical (unpaired) electrons. The molecule has 0 aliphatic rings. The Hall–Kier alpha value is -5.13. The average Bonchev–Trinajstić information content (AvgIpc) is 3.35.